The van der Waals surface area contributed by atoms with Crippen LogP contribution in [0.25, 0.3) is 0 Å². The predicted molar refractivity (Wildman–Crippen MR) is 70.2 cm³/mol. The third kappa shape index (κ3) is 1.52. The smallest absolute Gasteiger partial charge is 0.249 e. The van der Waals surface area contributed by atoms with Crippen LogP contribution < -0.4 is 5.32 Å². The van der Waals surface area contributed by atoms with Crippen molar-refractivity contribution in [1.82, 2.24) is 10.2 Å². The molecule has 2 bridgehead atoms. The number of fused-ring (bicyclic) bond motifs is 5. The van der Waals surface area contributed by atoms with Crippen LogP contribution >= 0.6 is 0 Å². The standard InChI is InChI=1S/C15H20N2O3/c1-2-9-14(19)16-10(18)6-17(9)15(20)13-11-7-3-4-8(5-7)12(11)13/h7-9,11-13H,2-6H2,1H3,(H,16,18,19). The first kappa shape index (κ1) is 12.4. The van der Waals surface area contributed by atoms with E-state index < -0.39 is 6.04 Å². The SMILES string of the molecule is CCC1C(=O)NC(=O)CN1C(=O)C1C2C3CCC(C3)C12. The first-order valence-electron chi connectivity index (χ1n) is 7.76. The van der Waals surface area contributed by atoms with Crippen LogP contribution in [0.2, 0.25) is 0 Å². The van der Waals surface area contributed by atoms with E-state index in [-0.39, 0.29) is 30.2 Å². The fraction of sp³-hybridized carbons (Fsp3) is 0.800. The van der Waals surface area contributed by atoms with E-state index in [0.29, 0.717) is 18.3 Å². The van der Waals surface area contributed by atoms with Gasteiger partial charge in [-0.3, -0.25) is 19.7 Å². The van der Waals surface area contributed by atoms with E-state index in [4.69, 9.17) is 0 Å². The normalized spacial score (nSPS) is 45.4. The summed E-state index contributed by atoms with van der Waals surface area (Å²) < 4.78 is 0. The molecular formula is C15H20N2O3. The quantitative estimate of drug-likeness (QED) is 0.749. The van der Waals surface area contributed by atoms with Crippen molar-refractivity contribution in [3.05, 3.63) is 0 Å². The monoisotopic (exact) mass is 276 g/mol. The summed E-state index contributed by atoms with van der Waals surface area (Å²) >= 11 is 0. The first-order chi connectivity index (χ1) is 9.61. The second kappa shape index (κ2) is 4.06. The fourth-order valence-corrected chi connectivity index (χ4v) is 5.15. The summed E-state index contributed by atoms with van der Waals surface area (Å²) in [6.07, 6.45) is 4.41. The Bertz CT molecular complexity index is 487. The van der Waals surface area contributed by atoms with Gasteiger partial charge in [0.25, 0.3) is 0 Å². The first-order valence-corrected chi connectivity index (χ1v) is 7.76. The highest BCUT2D eigenvalue weighted by Gasteiger charge is 2.68. The Kier molecular flexibility index (Phi) is 2.51. The summed E-state index contributed by atoms with van der Waals surface area (Å²) in [5.41, 5.74) is 0. The molecule has 4 rings (SSSR count). The van der Waals surface area contributed by atoms with Gasteiger partial charge in [-0.25, -0.2) is 0 Å². The fourth-order valence-electron chi connectivity index (χ4n) is 5.15. The Morgan fingerprint density at radius 1 is 1.25 bits per heavy atom. The topological polar surface area (TPSA) is 66.5 Å². The molecule has 0 spiro atoms. The number of hydrogen-bond donors (Lipinski definition) is 1. The lowest BCUT2D eigenvalue weighted by atomic mass is 10.00. The maximum absolute atomic E-state index is 12.7. The van der Waals surface area contributed by atoms with Gasteiger partial charge < -0.3 is 4.90 Å². The molecule has 108 valence electrons. The lowest BCUT2D eigenvalue weighted by Gasteiger charge is -2.34. The molecule has 1 N–H and O–H groups in total. The predicted octanol–water partition coefficient (Wildman–Crippen LogP) is 0.542. The molecule has 0 radical (unpaired) electrons. The minimum atomic E-state index is -0.459. The second-order valence-corrected chi connectivity index (χ2v) is 6.82. The number of carbonyl (C=O) groups excluding carboxylic acids is 3. The minimum absolute atomic E-state index is 0.0500. The molecule has 0 aromatic heterocycles. The molecule has 0 aromatic rings. The van der Waals surface area contributed by atoms with E-state index in [2.05, 4.69) is 5.32 Å². The van der Waals surface area contributed by atoms with Crippen LogP contribution in [0.3, 0.4) is 0 Å². The van der Waals surface area contributed by atoms with E-state index in [1.807, 2.05) is 6.92 Å². The highest BCUT2D eigenvalue weighted by molar-refractivity contribution is 6.04. The molecule has 3 aliphatic carbocycles. The summed E-state index contributed by atoms with van der Waals surface area (Å²) in [5.74, 6) is 2.08. The number of amides is 3. The largest absolute Gasteiger partial charge is 0.321 e. The van der Waals surface area contributed by atoms with E-state index in [1.165, 1.54) is 19.3 Å². The number of nitrogens with zero attached hydrogens (tertiary/aromatic N) is 1. The molecular weight excluding hydrogens is 256 g/mol. The van der Waals surface area contributed by atoms with Crippen molar-refractivity contribution in [1.29, 1.82) is 0 Å². The van der Waals surface area contributed by atoms with Gasteiger partial charge in [0.2, 0.25) is 17.7 Å². The summed E-state index contributed by atoms with van der Waals surface area (Å²) in [6, 6.07) is -0.459. The minimum Gasteiger partial charge on any atom is -0.321 e. The molecule has 4 fully saturated rings. The summed E-state index contributed by atoms with van der Waals surface area (Å²) in [4.78, 5) is 37.7. The Balaban J connectivity index is 1.53. The van der Waals surface area contributed by atoms with Crippen LogP contribution in [-0.4, -0.2) is 35.2 Å². The molecule has 3 saturated carbocycles. The Morgan fingerprint density at radius 2 is 1.90 bits per heavy atom. The molecule has 5 heteroatoms. The van der Waals surface area contributed by atoms with Gasteiger partial charge in [0.05, 0.1) is 0 Å². The molecule has 5 unspecified atom stereocenters. The lowest BCUT2D eigenvalue weighted by Crippen LogP contribution is -2.60. The molecule has 20 heavy (non-hydrogen) atoms. The van der Waals surface area contributed by atoms with Crippen molar-refractivity contribution in [3.63, 3.8) is 0 Å². The number of rotatable bonds is 2. The van der Waals surface area contributed by atoms with Crippen LogP contribution in [0.4, 0.5) is 0 Å². The zero-order valence-electron chi connectivity index (χ0n) is 11.7. The van der Waals surface area contributed by atoms with E-state index in [9.17, 15) is 14.4 Å². The van der Waals surface area contributed by atoms with Gasteiger partial charge in [-0.2, -0.15) is 0 Å². The van der Waals surface area contributed by atoms with Gasteiger partial charge in [0.15, 0.2) is 0 Å². The zero-order valence-corrected chi connectivity index (χ0v) is 11.7. The van der Waals surface area contributed by atoms with Crippen LogP contribution in [0.15, 0.2) is 0 Å². The van der Waals surface area contributed by atoms with Crippen LogP contribution in [-0.2, 0) is 14.4 Å². The van der Waals surface area contributed by atoms with Crippen molar-refractivity contribution in [2.24, 2.45) is 29.6 Å². The van der Waals surface area contributed by atoms with Crippen molar-refractivity contribution in [2.45, 2.75) is 38.6 Å². The third-order valence-electron chi connectivity index (χ3n) is 5.95. The van der Waals surface area contributed by atoms with Crippen LogP contribution in [0, 0.1) is 29.6 Å². The number of hydrogen-bond acceptors (Lipinski definition) is 3. The van der Waals surface area contributed by atoms with Gasteiger partial charge in [-0.05, 0) is 49.4 Å². The van der Waals surface area contributed by atoms with Gasteiger partial charge in [0.1, 0.15) is 12.6 Å². The van der Waals surface area contributed by atoms with E-state index in [1.54, 1.807) is 4.90 Å². The van der Waals surface area contributed by atoms with Crippen LogP contribution in [0.5, 0.6) is 0 Å². The Hall–Kier alpha value is -1.39. The summed E-state index contributed by atoms with van der Waals surface area (Å²) in [6.45, 7) is 1.94. The molecule has 5 atom stereocenters. The number of piperazine rings is 1. The molecule has 5 nitrogen and oxygen atoms in total. The molecule has 1 aliphatic heterocycles. The highest BCUT2D eigenvalue weighted by atomic mass is 16.2. The third-order valence-corrected chi connectivity index (χ3v) is 5.95. The molecule has 1 saturated heterocycles. The summed E-state index contributed by atoms with van der Waals surface area (Å²) in [5, 5.41) is 2.33. The number of imide groups is 1. The number of carbonyl (C=O) groups is 3. The van der Waals surface area contributed by atoms with Crippen molar-refractivity contribution >= 4 is 17.7 Å². The molecule has 0 aromatic carbocycles. The molecule has 4 aliphatic rings. The number of nitrogens with one attached hydrogen (secondary N) is 1. The lowest BCUT2D eigenvalue weighted by molar-refractivity contribution is -0.151. The molecule has 1 heterocycles. The van der Waals surface area contributed by atoms with Gasteiger partial charge in [-0.1, -0.05) is 6.92 Å². The Labute approximate surface area is 118 Å². The van der Waals surface area contributed by atoms with Crippen molar-refractivity contribution < 1.29 is 14.4 Å². The van der Waals surface area contributed by atoms with Crippen molar-refractivity contribution in [2.75, 3.05) is 6.54 Å². The average Bonchev–Trinajstić information content (AvgIpc) is 2.84. The maximum Gasteiger partial charge on any atom is 0.249 e. The Morgan fingerprint density at radius 3 is 2.50 bits per heavy atom. The van der Waals surface area contributed by atoms with E-state index >= 15 is 0 Å². The molecule has 3 amide bonds. The zero-order chi connectivity index (χ0) is 14.0. The summed E-state index contributed by atoms with van der Waals surface area (Å²) in [7, 11) is 0. The average molecular weight is 276 g/mol. The van der Waals surface area contributed by atoms with Crippen LogP contribution in [0.1, 0.15) is 32.6 Å². The van der Waals surface area contributed by atoms with Crippen molar-refractivity contribution in [3.8, 4) is 0 Å². The van der Waals surface area contributed by atoms with Gasteiger partial charge >= 0.3 is 0 Å². The highest BCUT2D eigenvalue weighted by Crippen LogP contribution is 2.69. The second-order valence-electron chi connectivity index (χ2n) is 6.82. The maximum atomic E-state index is 12.7. The van der Waals surface area contributed by atoms with Gasteiger partial charge in [-0.15, -0.1) is 0 Å². The van der Waals surface area contributed by atoms with E-state index in [0.717, 1.165) is 11.8 Å². The van der Waals surface area contributed by atoms with Gasteiger partial charge in [0, 0.05) is 5.92 Å².